The van der Waals surface area contributed by atoms with Crippen molar-refractivity contribution in [3.63, 3.8) is 0 Å². The lowest BCUT2D eigenvalue weighted by Crippen LogP contribution is -2.40. The Labute approximate surface area is 98.0 Å². The van der Waals surface area contributed by atoms with Crippen LogP contribution >= 0.6 is 15.9 Å². The fourth-order valence-electron chi connectivity index (χ4n) is 1.96. The van der Waals surface area contributed by atoms with Gasteiger partial charge in [0.05, 0.1) is 0 Å². The maximum absolute atomic E-state index is 12.1. The standard InChI is InChI=1S/C12H14BrNO/c1-7-2-3-9(13)6-11(7)12(15)8-4-10(14)5-8/h2-3,6,8,10H,4-5,14H2,1H3. The third-order valence-corrected chi connectivity index (χ3v) is 3.50. The number of ketones is 1. The Balaban J connectivity index is 2.22. The lowest BCUT2D eigenvalue weighted by atomic mass is 9.76. The normalized spacial score (nSPS) is 24.7. The number of nitrogens with two attached hydrogens (primary N) is 1. The highest BCUT2D eigenvalue weighted by molar-refractivity contribution is 9.10. The van der Waals surface area contributed by atoms with Gasteiger partial charge in [0, 0.05) is 22.0 Å². The van der Waals surface area contributed by atoms with Gasteiger partial charge in [0.25, 0.3) is 0 Å². The van der Waals surface area contributed by atoms with Crippen LogP contribution in [0, 0.1) is 12.8 Å². The summed E-state index contributed by atoms with van der Waals surface area (Å²) in [6, 6.07) is 6.06. The van der Waals surface area contributed by atoms with Gasteiger partial charge in [-0.05, 0) is 37.5 Å². The van der Waals surface area contributed by atoms with Crippen molar-refractivity contribution in [3.05, 3.63) is 33.8 Å². The second-order valence-electron chi connectivity index (χ2n) is 4.25. The first kappa shape index (κ1) is 10.8. The van der Waals surface area contributed by atoms with Crippen molar-refractivity contribution in [2.75, 3.05) is 0 Å². The molecule has 1 aliphatic carbocycles. The highest BCUT2D eigenvalue weighted by Gasteiger charge is 2.32. The molecule has 80 valence electrons. The Hall–Kier alpha value is -0.670. The lowest BCUT2D eigenvalue weighted by molar-refractivity contribution is 0.0832. The third-order valence-electron chi connectivity index (χ3n) is 3.01. The SMILES string of the molecule is Cc1ccc(Br)cc1C(=O)C1CC(N)C1. The molecule has 1 aromatic carbocycles. The van der Waals surface area contributed by atoms with Gasteiger partial charge >= 0.3 is 0 Å². The van der Waals surface area contributed by atoms with Crippen molar-refractivity contribution >= 4 is 21.7 Å². The van der Waals surface area contributed by atoms with Crippen LogP contribution in [0.25, 0.3) is 0 Å². The highest BCUT2D eigenvalue weighted by atomic mass is 79.9. The lowest BCUT2D eigenvalue weighted by Gasteiger charge is -2.31. The zero-order valence-electron chi connectivity index (χ0n) is 8.66. The summed E-state index contributed by atoms with van der Waals surface area (Å²) in [6.45, 7) is 1.97. The van der Waals surface area contributed by atoms with Crippen LogP contribution in [0.4, 0.5) is 0 Å². The van der Waals surface area contributed by atoms with Crippen LogP contribution in [0.3, 0.4) is 0 Å². The Kier molecular flexibility index (Phi) is 2.94. The van der Waals surface area contributed by atoms with Gasteiger partial charge in [-0.15, -0.1) is 0 Å². The molecule has 1 saturated carbocycles. The number of Topliss-reactive ketones (excluding diaryl/α,β-unsaturated/α-hetero) is 1. The highest BCUT2D eigenvalue weighted by Crippen LogP contribution is 2.30. The summed E-state index contributed by atoms with van der Waals surface area (Å²) in [7, 11) is 0. The fourth-order valence-corrected chi connectivity index (χ4v) is 2.32. The Morgan fingerprint density at radius 3 is 2.73 bits per heavy atom. The van der Waals surface area contributed by atoms with Crippen molar-refractivity contribution < 1.29 is 4.79 Å². The summed E-state index contributed by atoms with van der Waals surface area (Å²) in [5.74, 6) is 0.392. The molecule has 0 atom stereocenters. The number of carbonyl (C=O) groups is 1. The molecule has 0 unspecified atom stereocenters. The molecule has 0 saturated heterocycles. The van der Waals surface area contributed by atoms with E-state index in [9.17, 15) is 4.79 Å². The Morgan fingerprint density at radius 2 is 2.13 bits per heavy atom. The molecule has 1 fully saturated rings. The molecular weight excluding hydrogens is 254 g/mol. The number of benzene rings is 1. The van der Waals surface area contributed by atoms with Crippen molar-refractivity contribution in [3.8, 4) is 0 Å². The Bertz CT molecular complexity index is 397. The monoisotopic (exact) mass is 267 g/mol. The van der Waals surface area contributed by atoms with Crippen molar-refractivity contribution in [1.29, 1.82) is 0 Å². The van der Waals surface area contributed by atoms with Crippen LogP contribution in [0.15, 0.2) is 22.7 Å². The number of halogens is 1. The summed E-state index contributed by atoms with van der Waals surface area (Å²) in [6.07, 6.45) is 1.68. The van der Waals surface area contributed by atoms with Crippen LogP contribution < -0.4 is 5.73 Å². The molecule has 0 radical (unpaired) electrons. The maximum Gasteiger partial charge on any atom is 0.166 e. The van der Waals surface area contributed by atoms with E-state index in [1.165, 1.54) is 0 Å². The van der Waals surface area contributed by atoms with Gasteiger partial charge in [0.2, 0.25) is 0 Å². The molecule has 2 N–H and O–H groups in total. The summed E-state index contributed by atoms with van der Waals surface area (Å²) >= 11 is 3.39. The first-order valence-corrected chi connectivity index (χ1v) is 5.93. The molecule has 0 aromatic heterocycles. The van der Waals surface area contributed by atoms with Gasteiger partial charge in [-0.2, -0.15) is 0 Å². The van der Waals surface area contributed by atoms with Gasteiger partial charge in [0.1, 0.15) is 0 Å². The number of carbonyl (C=O) groups excluding carboxylic acids is 1. The summed E-state index contributed by atoms with van der Waals surface area (Å²) in [4.78, 5) is 12.1. The van der Waals surface area contributed by atoms with E-state index >= 15 is 0 Å². The molecule has 0 aliphatic heterocycles. The van der Waals surface area contributed by atoms with Crippen molar-refractivity contribution in [1.82, 2.24) is 0 Å². The average Bonchev–Trinajstić information content (AvgIpc) is 2.16. The first-order chi connectivity index (χ1) is 7.08. The Morgan fingerprint density at radius 1 is 1.47 bits per heavy atom. The summed E-state index contributed by atoms with van der Waals surface area (Å²) in [5, 5.41) is 0. The topological polar surface area (TPSA) is 43.1 Å². The molecule has 0 spiro atoms. The smallest absolute Gasteiger partial charge is 0.166 e. The quantitative estimate of drug-likeness (QED) is 0.838. The molecule has 1 aliphatic rings. The van der Waals surface area contributed by atoms with E-state index in [2.05, 4.69) is 15.9 Å². The van der Waals surface area contributed by atoms with E-state index in [1.807, 2.05) is 25.1 Å². The minimum atomic E-state index is 0.146. The van der Waals surface area contributed by atoms with Gasteiger partial charge in [-0.1, -0.05) is 22.0 Å². The molecule has 0 heterocycles. The number of rotatable bonds is 2. The van der Waals surface area contributed by atoms with E-state index in [4.69, 9.17) is 5.73 Å². The molecule has 1 aromatic rings. The van der Waals surface area contributed by atoms with Gasteiger partial charge < -0.3 is 5.73 Å². The van der Waals surface area contributed by atoms with E-state index in [0.29, 0.717) is 0 Å². The molecular formula is C12H14BrNO. The molecule has 15 heavy (non-hydrogen) atoms. The molecule has 3 heteroatoms. The maximum atomic E-state index is 12.1. The van der Waals surface area contributed by atoms with E-state index < -0.39 is 0 Å². The minimum Gasteiger partial charge on any atom is -0.328 e. The van der Waals surface area contributed by atoms with Crippen molar-refractivity contribution in [2.24, 2.45) is 11.7 Å². The van der Waals surface area contributed by atoms with Crippen LogP contribution in [0.5, 0.6) is 0 Å². The fraction of sp³-hybridized carbons (Fsp3) is 0.417. The largest absolute Gasteiger partial charge is 0.328 e. The second kappa shape index (κ2) is 4.06. The van der Waals surface area contributed by atoms with Gasteiger partial charge in [-0.3, -0.25) is 4.79 Å². The zero-order chi connectivity index (χ0) is 11.0. The van der Waals surface area contributed by atoms with Gasteiger partial charge in [0.15, 0.2) is 5.78 Å². The summed E-state index contributed by atoms with van der Waals surface area (Å²) < 4.78 is 0.958. The minimum absolute atomic E-state index is 0.146. The predicted octanol–water partition coefficient (Wildman–Crippen LogP) is 2.68. The predicted molar refractivity (Wildman–Crippen MR) is 63.9 cm³/mol. The van der Waals surface area contributed by atoms with Crippen LogP contribution in [-0.4, -0.2) is 11.8 Å². The molecule has 2 rings (SSSR count). The molecule has 0 bridgehead atoms. The summed E-state index contributed by atoms with van der Waals surface area (Å²) in [5.41, 5.74) is 7.57. The first-order valence-electron chi connectivity index (χ1n) is 5.14. The molecule has 2 nitrogen and oxygen atoms in total. The average molecular weight is 268 g/mol. The van der Waals surface area contributed by atoms with E-state index in [-0.39, 0.29) is 17.7 Å². The molecule has 0 amide bonds. The third kappa shape index (κ3) is 2.13. The van der Waals surface area contributed by atoms with Crippen LogP contribution in [0.1, 0.15) is 28.8 Å². The van der Waals surface area contributed by atoms with Crippen LogP contribution in [0.2, 0.25) is 0 Å². The number of hydrogen-bond donors (Lipinski definition) is 1. The van der Waals surface area contributed by atoms with Crippen LogP contribution in [-0.2, 0) is 0 Å². The number of aryl methyl sites for hydroxylation is 1. The number of hydrogen-bond acceptors (Lipinski definition) is 2. The van der Waals surface area contributed by atoms with Crippen molar-refractivity contribution in [2.45, 2.75) is 25.8 Å². The second-order valence-corrected chi connectivity index (χ2v) is 5.17. The zero-order valence-corrected chi connectivity index (χ0v) is 10.3. The van der Waals surface area contributed by atoms with E-state index in [1.54, 1.807) is 0 Å². The van der Waals surface area contributed by atoms with E-state index in [0.717, 1.165) is 28.4 Å². The van der Waals surface area contributed by atoms with Gasteiger partial charge in [-0.25, -0.2) is 0 Å².